The van der Waals surface area contributed by atoms with Crippen molar-refractivity contribution in [2.45, 2.75) is 13.8 Å². The molecule has 0 atom stereocenters. The fourth-order valence-corrected chi connectivity index (χ4v) is 9.94. The zero-order chi connectivity index (χ0) is 44.6. The molecule has 0 fully saturated rings. The summed E-state index contributed by atoms with van der Waals surface area (Å²) in [6.07, 6.45) is 3.55. The van der Waals surface area contributed by atoms with E-state index in [1.807, 2.05) is 12.1 Å². The van der Waals surface area contributed by atoms with Crippen LogP contribution in [0.4, 0.5) is 34.1 Å². The summed E-state index contributed by atoms with van der Waals surface area (Å²) in [5, 5.41) is 8.76. The van der Waals surface area contributed by atoms with Gasteiger partial charge in [-0.05, 0) is 156 Å². The number of aryl methyl sites for hydroxylation is 2. The van der Waals surface area contributed by atoms with E-state index in [4.69, 9.17) is 13.3 Å². The minimum Gasteiger partial charge on any atom is -0.464 e. The summed E-state index contributed by atoms with van der Waals surface area (Å²) in [5.41, 5.74) is 16.4. The van der Waals surface area contributed by atoms with Crippen molar-refractivity contribution < 1.29 is 13.3 Å². The fourth-order valence-electron chi connectivity index (χ4n) is 9.94. The van der Waals surface area contributed by atoms with Gasteiger partial charge in [-0.25, -0.2) is 0 Å². The number of hydrogen-bond donors (Lipinski definition) is 0. The van der Waals surface area contributed by atoms with Crippen LogP contribution in [0.15, 0.2) is 232 Å². The van der Waals surface area contributed by atoms with Crippen molar-refractivity contribution in [3.05, 3.63) is 230 Å². The Balaban J connectivity index is 0.948. The topological polar surface area (TPSA) is 45.9 Å². The summed E-state index contributed by atoms with van der Waals surface area (Å²) >= 11 is 0. The Kier molecular flexibility index (Phi) is 8.90. The monoisotopic (exact) mass is 862 g/mol. The third kappa shape index (κ3) is 6.54. The maximum Gasteiger partial charge on any atom is 0.143 e. The number of benzene rings is 10. The molecule has 5 nitrogen and oxygen atoms in total. The molecule has 318 valence electrons. The molecule has 3 aromatic heterocycles. The predicted octanol–water partition coefficient (Wildman–Crippen LogP) is 18.3. The highest BCUT2D eigenvalue weighted by molar-refractivity contribution is 6.14. The predicted molar refractivity (Wildman–Crippen MR) is 278 cm³/mol. The van der Waals surface area contributed by atoms with Gasteiger partial charge in [0.2, 0.25) is 0 Å². The first kappa shape index (κ1) is 38.6. The summed E-state index contributed by atoms with van der Waals surface area (Å²) < 4.78 is 19.2. The van der Waals surface area contributed by atoms with E-state index >= 15 is 0 Å². The second-order valence-corrected chi connectivity index (χ2v) is 17.5. The lowest BCUT2D eigenvalue weighted by Gasteiger charge is -2.28. The molecular weight excluding hydrogens is 821 g/mol. The van der Waals surface area contributed by atoms with Crippen LogP contribution in [0.1, 0.15) is 11.1 Å². The third-order valence-corrected chi connectivity index (χ3v) is 13.3. The molecule has 0 saturated heterocycles. The molecule has 0 aliphatic carbocycles. The van der Waals surface area contributed by atoms with Crippen LogP contribution in [-0.4, -0.2) is 0 Å². The Bertz CT molecular complexity index is 3730. The van der Waals surface area contributed by atoms with Gasteiger partial charge in [0, 0.05) is 55.4 Å². The van der Waals surface area contributed by atoms with Gasteiger partial charge in [-0.2, -0.15) is 0 Å². The standard InChI is InChI=1S/C62H42N2O3/c1-39-13-21-49(22-14-39)63(55-27-19-43-29-31-65-61(43)59(55)41-9-5-3-6-10-41)51-25-17-45-35-53-54-36-46-18-26-52(34-48(46)38-58(54)67-57(53)37-47(45)33-51)64(50-23-15-40(2)16-24-50)56-28-20-44-30-32-66-62(44)60(56)42-11-7-4-8-12-42/h3-38H,1-2H3. The average Bonchev–Trinajstić information content (AvgIpc) is 4.13. The van der Waals surface area contributed by atoms with E-state index in [1.165, 1.54) is 11.1 Å². The first-order chi connectivity index (χ1) is 33.0. The molecule has 0 saturated carbocycles. The van der Waals surface area contributed by atoms with Crippen LogP contribution in [-0.2, 0) is 0 Å². The van der Waals surface area contributed by atoms with Gasteiger partial charge in [-0.15, -0.1) is 0 Å². The van der Waals surface area contributed by atoms with E-state index in [2.05, 4.69) is 218 Å². The molecule has 0 aliphatic heterocycles. The summed E-state index contributed by atoms with van der Waals surface area (Å²) in [5.74, 6) is 0. The Hall–Kier alpha value is -8.80. The lowest BCUT2D eigenvalue weighted by Crippen LogP contribution is -2.11. The van der Waals surface area contributed by atoms with Gasteiger partial charge in [0.25, 0.3) is 0 Å². The second-order valence-electron chi connectivity index (χ2n) is 17.5. The zero-order valence-electron chi connectivity index (χ0n) is 36.9. The molecule has 0 N–H and O–H groups in total. The van der Waals surface area contributed by atoms with Crippen LogP contribution < -0.4 is 9.80 Å². The summed E-state index contributed by atoms with van der Waals surface area (Å²) in [6.45, 7) is 4.25. The first-order valence-corrected chi connectivity index (χ1v) is 22.7. The molecule has 0 spiro atoms. The van der Waals surface area contributed by atoms with Crippen LogP contribution >= 0.6 is 0 Å². The van der Waals surface area contributed by atoms with E-state index in [-0.39, 0.29) is 0 Å². The smallest absolute Gasteiger partial charge is 0.143 e. The number of fused-ring (bicyclic) bond motifs is 7. The molecule has 3 heterocycles. The number of nitrogens with zero attached hydrogens (tertiary/aromatic N) is 2. The van der Waals surface area contributed by atoms with Crippen LogP contribution in [0.3, 0.4) is 0 Å². The summed E-state index contributed by atoms with van der Waals surface area (Å²) in [7, 11) is 0. The Morgan fingerprint density at radius 1 is 0.328 bits per heavy atom. The van der Waals surface area contributed by atoms with Crippen LogP contribution in [0.25, 0.3) is 87.7 Å². The zero-order valence-corrected chi connectivity index (χ0v) is 36.9. The van der Waals surface area contributed by atoms with E-state index in [1.54, 1.807) is 12.5 Å². The SMILES string of the molecule is Cc1ccc(N(c2ccc3cc4c(cc3c2)oc2cc3cc(N(c5ccc(C)cc5)c5ccc6ccoc6c5-c5ccccc5)ccc3cc24)c2ccc3ccoc3c2-c2ccccc2)cc1. The molecule has 0 amide bonds. The molecular formula is C62H42N2O3. The normalized spacial score (nSPS) is 11.7. The fraction of sp³-hybridized carbons (Fsp3) is 0.0323. The van der Waals surface area contributed by atoms with Crippen molar-refractivity contribution in [1.29, 1.82) is 0 Å². The highest BCUT2D eigenvalue weighted by atomic mass is 16.3. The highest BCUT2D eigenvalue weighted by Crippen LogP contribution is 2.48. The number of hydrogen-bond acceptors (Lipinski definition) is 5. The molecule has 0 bridgehead atoms. The van der Waals surface area contributed by atoms with Crippen LogP contribution in [0, 0.1) is 13.8 Å². The molecule has 0 unspecified atom stereocenters. The first-order valence-electron chi connectivity index (χ1n) is 22.7. The van der Waals surface area contributed by atoms with Crippen molar-refractivity contribution in [2.75, 3.05) is 9.80 Å². The van der Waals surface area contributed by atoms with E-state index in [0.717, 1.165) is 122 Å². The highest BCUT2D eigenvalue weighted by Gasteiger charge is 2.24. The van der Waals surface area contributed by atoms with Crippen molar-refractivity contribution >= 4 is 99.5 Å². The maximum absolute atomic E-state index is 6.81. The lowest BCUT2D eigenvalue weighted by atomic mass is 9.98. The Labute approximate surface area is 386 Å². The van der Waals surface area contributed by atoms with E-state index in [0.29, 0.717) is 0 Å². The molecule has 67 heavy (non-hydrogen) atoms. The largest absolute Gasteiger partial charge is 0.464 e. The number of furan rings is 3. The van der Waals surface area contributed by atoms with Gasteiger partial charge < -0.3 is 23.1 Å². The molecule has 5 heteroatoms. The molecule has 10 aromatic carbocycles. The van der Waals surface area contributed by atoms with Gasteiger partial charge >= 0.3 is 0 Å². The average molecular weight is 863 g/mol. The van der Waals surface area contributed by atoms with Crippen molar-refractivity contribution in [2.24, 2.45) is 0 Å². The van der Waals surface area contributed by atoms with Gasteiger partial charge in [-0.1, -0.05) is 108 Å². The van der Waals surface area contributed by atoms with E-state index < -0.39 is 0 Å². The third-order valence-electron chi connectivity index (χ3n) is 13.3. The second kappa shape index (κ2) is 15.4. The number of anilines is 6. The quantitative estimate of drug-likeness (QED) is 0.152. The van der Waals surface area contributed by atoms with Crippen LogP contribution in [0.2, 0.25) is 0 Å². The minimum atomic E-state index is 0.847. The lowest BCUT2D eigenvalue weighted by molar-refractivity contribution is 0.616. The molecule has 0 radical (unpaired) electrons. The van der Waals surface area contributed by atoms with Gasteiger partial charge in [0.15, 0.2) is 0 Å². The Morgan fingerprint density at radius 2 is 0.731 bits per heavy atom. The molecule has 0 aliphatic rings. The van der Waals surface area contributed by atoms with Crippen LogP contribution in [0.5, 0.6) is 0 Å². The molecule has 13 aromatic rings. The van der Waals surface area contributed by atoms with Gasteiger partial charge in [0.05, 0.1) is 23.9 Å². The Morgan fingerprint density at radius 3 is 1.16 bits per heavy atom. The summed E-state index contributed by atoms with van der Waals surface area (Å²) in [4.78, 5) is 4.68. The number of rotatable bonds is 8. The minimum absolute atomic E-state index is 0.847. The maximum atomic E-state index is 6.81. The van der Waals surface area contributed by atoms with Gasteiger partial charge in [-0.3, -0.25) is 0 Å². The van der Waals surface area contributed by atoms with Crippen molar-refractivity contribution in [3.63, 3.8) is 0 Å². The van der Waals surface area contributed by atoms with Crippen molar-refractivity contribution in [1.82, 2.24) is 0 Å². The van der Waals surface area contributed by atoms with E-state index in [9.17, 15) is 0 Å². The summed E-state index contributed by atoms with van der Waals surface area (Å²) in [6, 6.07) is 73.7. The van der Waals surface area contributed by atoms with Crippen molar-refractivity contribution in [3.8, 4) is 22.3 Å². The molecule has 13 rings (SSSR count). The van der Waals surface area contributed by atoms with Gasteiger partial charge in [0.1, 0.15) is 22.3 Å².